The van der Waals surface area contributed by atoms with Crippen molar-refractivity contribution in [3.63, 3.8) is 0 Å². The van der Waals surface area contributed by atoms with Crippen LogP contribution in [0.25, 0.3) is 0 Å². The van der Waals surface area contributed by atoms with E-state index >= 15 is 0 Å². The molecule has 0 spiro atoms. The Labute approximate surface area is 200 Å². The highest BCUT2D eigenvalue weighted by atomic mass is 32.2. The van der Waals surface area contributed by atoms with Crippen molar-refractivity contribution >= 4 is 31.6 Å². The summed E-state index contributed by atoms with van der Waals surface area (Å²) in [5.74, 6) is -0.423. The molecule has 2 aromatic carbocycles. The van der Waals surface area contributed by atoms with Crippen LogP contribution in [-0.4, -0.2) is 69.7 Å². The van der Waals surface area contributed by atoms with Crippen LogP contribution in [0.5, 0.6) is 0 Å². The van der Waals surface area contributed by atoms with Gasteiger partial charge in [0, 0.05) is 37.4 Å². The second-order valence-corrected chi connectivity index (χ2v) is 12.6. The van der Waals surface area contributed by atoms with Crippen molar-refractivity contribution in [2.75, 3.05) is 31.5 Å². The molecule has 1 N–H and O–H groups in total. The Balaban J connectivity index is 1.43. The fourth-order valence-corrected chi connectivity index (χ4v) is 7.35. The van der Waals surface area contributed by atoms with E-state index in [1.807, 2.05) is 13.8 Å². The maximum atomic E-state index is 13.0. The van der Waals surface area contributed by atoms with E-state index in [1.54, 1.807) is 12.1 Å². The number of anilines is 1. The molecule has 2 aliphatic rings. The molecule has 0 aliphatic carbocycles. The maximum Gasteiger partial charge on any atom is 0.255 e. The molecule has 34 heavy (non-hydrogen) atoms. The molecule has 184 valence electrons. The van der Waals surface area contributed by atoms with Gasteiger partial charge < -0.3 is 10.1 Å². The molecule has 4 rings (SSSR count). The Bertz CT molecular complexity index is 1230. The van der Waals surface area contributed by atoms with Gasteiger partial charge in [0.25, 0.3) is 5.91 Å². The highest BCUT2D eigenvalue weighted by molar-refractivity contribution is 7.89. The maximum absolute atomic E-state index is 13.0. The summed E-state index contributed by atoms with van der Waals surface area (Å²) < 4.78 is 59.7. The molecule has 2 heterocycles. The zero-order valence-corrected chi connectivity index (χ0v) is 20.8. The van der Waals surface area contributed by atoms with Crippen LogP contribution in [-0.2, 0) is 24.8 Å². The fourth-order valence-electron chi connectivity index (χ4n) is 4.25. The van der Waals surface area contributed by atoms with Crippen LogP contribution in [0.2, 0.25) is 0 Å². The number of rotatable bonds is 6. The molecule has 2 atom stereocenters. The van der Waals surface area contributed by atoms with Gasteiger partial charge in [-0.1, -0.05) is 0 Å². The van der Waals surface area contributed by atoms with Crippen LogP contribution in [0.3, 0.4) is 0 Å². The first-order valence-corrected chi connectivity index (χ1v) is 14.1. The van der Waals surface area contributed by atoms with Crippen LogP contribution in [0.4, 0.5) is 5.69 Å². The van der Waals surface area contributed by atoms with Gasteiger partial charge in [-0.15, -0.1) is 0 Å². The van der Waals surface area contributed by atoms with Gasteiger partial charge in [-0.2, -0.15) is 8.61 Å². The predicted octanol–water partition coefficient (Wildman–Crippen LogP) is 2.52. The van der Waals surface area contributed by atoms with Gasteiger partial charge in [-0.05, 0) is 75.2 Å². The minimum atomic E-state index is -3.69. The molecule has 0 aromatic heterocycles. The van der Waals surface area contributed by atoms with Gasteiger partial charge in [-0.3, -0.25) is 4.79 Å². The molecule has 0 saturated carbocycles. The molecule has 2 aliphatic heterocycles. The molecule has 0 radical (unpaired) electrons. The second-order valence-electron chi connectivity index (χ2n) is 8.69. The highest BCUT2D eigenvalue weighted by Crippen LogP contribution is 2.24. The Morgan fingerprint density at radius 3 is 1.79 bits per heavy atom. The zero-order valence-electron chi connectivity index (χ0n) is 19.2. The first-order chi connectivity index (χ1) is 16.1. The molecule has 0 unspecified atom stereocenters. The summed E-state index contributed by atoms with van der Waals surface area (Å²) in [4.78, 5) is 12.9. The van der Waals surface area contributed by atoms with E-state index < -0.39 is 26.0 Å². The van der Waals surface area contributed by atoms with E-state index in [-0.39, 0.29) is 40.7 Å². The molecule has 2 saturated heterocycles. The lowest BCUT2D eigenvalue weighted by Crippen LogP contribution is -2.48. The fraction of sp³-hybridized carbons (Fsp3) is 0.435. The van der Waals surface area contributed by atoms with Crippen LogP contribution >= 0.6 is 0 Å². The smallest absolute Gasteiger partial charge is 0.255 e. The van der Waals surface area contributed by atoms with Crippen molar-refractivity contribution in [1.29, 1.82) is 0 Å². The summed E-state index contributed by atoms with van der Waals surface area (Å²) in [7, 11) is -7.21. The monoisotopic (exact) mass is 507 g/mol. The second kappa shape index (κ2) is 9.74. The molecule has 2 aromatic rings. The minimum Gasteiger partial charge on any atom is -0.373 e. The molecule has 0 bridgehead atoms. The number of carbonyl (C=O) groups excluding carboxylic acids is 1. The lowest BCUT2D eigenvalue weighted by molar-refractivity contribution is -0.0440. The third kappa shape index (κ3) is 5.18. The normalized spacial score (nSPS) is 22.5. The summed E-state index contributed by atoms with van der Waals surface area (Å²) >= 11 is 0. The molecule has 2 fully saturated rings. The summed E-state index contributed by atoms with van der Waals surface area (Å²) in [5.41, 5.74) is 0.731. The SMILES string of the molecule is C[C@@H]1CN(S(=O)(=O)c2ccc(C(=O)Nc3ccc(S(=O)(=O)N4CCCC4)cc3)cc2)C[C@H](C)O1. The van der Waals surface area contributed by atoms with Gasteiger partial charge in [0.15, 0.2) is 0 Å². The van der Waals surface area contributed by atoms with Crippen molar-refractivity contribution < 1.29 is 26.4 Å². The lowest BCUT2D eigenvalue weighted by Gasteiger charge is -2.34. The Morgan fingerprint density at radius 2 is 1.26 bits per heavy atom. The van der Waals surface area contributed by atoms with Crippen LogP contribution in [0, 0.1) is 0 Å². The van der Waals surface area contributed by atoms with Crippen LogP contribution in [0.15, 0.2) is 58.3 Å². The van der Waals surface area contributed by atoms with Crippen molar-refractivity contribution in [3.8, 4) is 0 Å². The summed E-state index contributed by atoms with van der Waals surface area (Å²) in [6, 6.07) is 11.8. The Kier molecular flexibility index (Phi) is 7.11. The molecule has 9 nitrogen and oxygen atoms in total. The van der Waals surface area contributed by atoms with Crippen LogP contribution < -0.4 is 5.32 Å². The number of carbonyl (C=O) groups is 1. The molecular weight excluding hydrogens is 478 g/mol. The zero-order chi connectivity index (χ0) is 24.5. The van der Waals surface area contributed by atoms with Crippen molar-refractivity contribution in [1.82, 2.24) is 8.61 Å². The first kappa shape index (κ1) is 24.8. The van der Waals surface area contributed by atoms with E-state index in [1.165, 1.54) is 45.0 Å². The van der Waals surface area contributed by atoms with Gasteiger partial charge in [0.05, 0.1) is 22.0 Å². The number of nitrogens with one attached hydrogen (secondary N) is 1. The van der Waals surface area contributed by atoms with E-state index in [9.17, 15) is 21.6 Å². The third-order valence-corrected chi connectivity index (χ3v) is 9.71. The Morgan fingerprint density at radius 1 is 0.794 bits per heavy atom. The van der Waals surface area contributed by atoms with Crippen molar-refractivity contribution in [2.24, 2.45) is 0 Å². The quantitative estimate of drug-likeness (QED) is 0.643. The molecule has 11 heteroatoms. The van der Waals surface area contributed by atoms with Crippen molar-refractivity contribution in [2.45, 2.75) is 48.7 Å². The number of morpholine rings is 1. The van der Waals surface area contributed by atoms with E-state index in [4.69, 9.17) is 4.74 Å². The molecule has 1 amide bonds. The molecular formula is C23H29N3O6S2. The van der Waals surface area contributed by atoms with Gasteiger partial charge in [-0.25, -0.2) is 16.8 Å². The third-order valence-electron chi connectivity index (χ3n) is 5.96. The van der Waals surface area contributed by atoms with E-state index in [2.05, 4.69) is 5.32 Å². The highest BCUT2D eigenvalue weighted by Gasteiger charge is 2.32. The van der Waals surface area contributed by atoms with Gasteiger partial charge in [0.1, 0.15) is 0 Å². The number of hydrogen-bond donors (Lipinski definition) is 1. The Hall–Kier alpha value is -2.31. The average Bonchev–Trinajstić information content (AvgIpc) is 3.35. The largest absolute Gasteiger partial charge is 0.373 e. The average molecular weight is 508 g/mol. The van der Waals surface area contributed by atoms with Crippen LogP contribution in [0.1, 0.15) is 37.0 Å². The van der Waals surface area contributed by atoms with E-state index in [0.717, 1.165) is 12.8 Å². The standard InChI is InChI=1S/C23H29N3O6S2/c1-17-15-26(16-18(2)32-17)34(30,31)21-9-5-19(6-10-21)23(27)24-20-7-11-22(12-8-20)33(28,29)25-13-3-4-14-25/h5-12,17-18H,3-4,13-16H2,1-2H3,(H,24,27)/t17-,18+. The predicted molar refractivity (Wildman–Crippen MR) is 128 cm³/mol. The number of nitrogens with zero attached hydrogens (tertiary/aromatic N) is 2. The summed E-state index contributed by atoms with van der Waals surface area (Å²) in [5, 5.41) is 2.72. The van der Waals surface area contributed by atoms with Crippen molar-refractivity contribution in [3.05, 3.63) is 54.1 Å². The summed E-state index contributed by atoms with van der Waals surface area (Å²) in [6.07, 6.45) is 1.33. The number of hydrogen-bond acceptors (Lipinski definition) is 6. The topological polar surface area (TPSA) is 113 Å². The number of benzene rings is 2. The first-order valence-electron chi connectivity index (χ1n) is 11.2. The lowest BCUT2D eigenvalue weighted by atomic mass is 10.2. The van der Waals surface area contributed by atoms with Gasteiger partial charge >= 0.3 is 0 Å². The number of amides is 1. The van der Waals surface area contributed by atoms with E-state index in [0.29, 0.717) is 18.8 Å². The number of sulfonamides is 2. The minimum absolute atomic E-state index is 0.113. The summed E-state index contributed by atoms with van der Waals surface area (Å²) in [6.45, 7) is 5.27. The van der Waals surface area contributed by atoms with Gasteiger partial charge in [0.2, 0.25) is 20.0 Å². The number of ether oxygens (including phenoxy) is 1.